The molecule has 0 unspecified atom stereocenters. The quantitative estimate of drug-likeness (QED) is 0.519. The number of carbonyl (C=O) groups excluding carboxylic acids is 1. The van der Waals surface area contributed by atoms with Gasteiger partial charge in [0.2, 0.25) is 0 Å². The fourth-order valence-electron chi connectivity index (χ4n) is 3.98. The molecule has 0 saturated carbocycles. The minimum Gasteiger partial charge on any atom is -0.497 e. The first-order valence-electron chi connectivity index (χ1n) is 11.4. The summed E-state index contributed by atoms with van der Waals surface area (Å²) in [5.41, 5.74) is 3.04. The lowest BCUT2D eigenvalue weighted by Gasteiger charge is -2.35. The van der Waals surface area contributed by atoms with Crippen LogP contribution in [0.5, 0.6) is 5.75 Å². The Kier molecular flexibility index (Phi) is 7.28. The summed E-state index contributed by atoms with van der Waals surface area (Å²) in [6, 6.07) is 18.8. The van der Waals surface area contributed by atoms with Crippen LogP contribution in [0.25, 0.3) is 0 Å². The fraction of sp³-hybridized carbons (Fsp3) is 0.269. The Morgan fingerprint density at radius 1 is 0.943 bits per heavy atom. The van der Waals surface area contributed by atoms with Gasteiger partial charge < -0.3 is 19.9 Å². The number of likely N-dealkylation sites (N-methyl/N-ethyl adjacent to an activating group) is 1. The molecule has 4 rings (SSSR count). The summed E-state index contributed by atoms with van der Waals surface area (Å²) in [7, 11) is -0.254. The molecule has 3 aromatic carbocycles. The second kappa shape index (κ2) is 10.4. The van der Waals surface area contributed by atoms with E-state index in [0.717, 1.165) is 31.9 Å². The number of benzene rings is 3. The number of methoxy groups -OCH3 is 1. The number of nitrogens with zero attached hydrogens (tertiary/aromatic N) is 2. The predicted molar refractivity (Wildman–Crippen MR) is 139 cm³/mol. The number of aryl methyl sites for hydroxylation is 1. The maximum atomic E-state index is 13.3. The molecule has 1 heterocycles. The molecule has 0 radical (unpaired) electrons. The normalized spacial score (nSPS) is 14.4. The van der Waals surface area contributed by atoms with Gasteiger partial charge in [-0.15, -0.1) is 0 Å². The molecule has 0 aromatic heterocycles. The maximum Gasteiger partial charge on any atom is 0.261 e. The van der Waals surface area contributed by atoms with Gasteiger partial charge in [-0.25, -0.2) is 8.42 Å². The molecule has 1 fully saturated rings. The summed E-state index contributed by atoms with van der Waals surface area (Å²) in [4.78, 5) is 17.8. The van der Waals surface area contributed by atoms with Crippen molar-refractivity contribution in [2.75, 3.05) is 55.3 Å². The van der Waals surface area contributed by atoms with E-state index in [0.29, 0.717) is 28.3 Å². The third-order valence-corrected chi connectivity index (χ3v) is 7.48. The molecule has 184 valence electrons. The van der Waals surface area contributed by atoms with E-state index < -0.39 is 10.0 Å². The van der Waals surface area contributed by atoms with Gasteiger partial charge in [0.15, 0.2) is 0 Å². The van der Waals surface area contributed by atoms with E-state index in [9.17, 15) is 13.2 Å². The Hall–Kier alpha value is -3.56. The molecular formula is C26H30N4O4S. The molecule has 1 saturated heterocycles. The van der Waals surface area contributed by atoms with Gasteiger partial charge in [-0.2, -0.15) is 0 Å². The van der Waals surface area contributed by atoms with Crippen molar-refractivity contribution in [1.29, 1.82) is 0 Å². The number of para-hydroxylation sites is 2. The molecule has 0 atom stereocenters. The number of sulfonamides is 1. The first kappa shape index (κ1) is 24.6. The van der Waals surface area contributed by atoms with Crippen molar-refractivity contribution in [3.63, 3.8) is 0 Å². The number of piperazine rings is 1. The number of ether oxygens (including phenoxy) is 1. The fourth-order valence-corrected chi connectivity index (χ4v) is 5.06. The number of rotatable bonds is 7. The van der Waals surface area contributed by atoms with E-state index in [1.54, 1.807) is 44.4 Å². The number of hydrogen-bond donors (Lipinski definition) is 2. The number of anilines is 3. The van der Waals surface area contributed by atoms with Crippen molar-refractivity contribution in [3.05, 3.63) is 77.9 Å². The summed E-state index contributed by atoms with van der Waals surface area (Å²) in [6.45, 7) is 5.42. The van der Waals surface area contributed by atoms with Crippen molar-refractivity contribution in [2.45, 2.75) is 11.8 Å². The van der Waals surface area contributed by atoms with Gasteiger partial charge in [0.1, 0.15) is 5.75 Å². The molecule has 35 heavy (non-hydrogen) atoms. The Morgan fingerprint density at radius 2 is 1.63 bits per heavy atom. The molecule has 1 aliphatic rings. The highest BCUT2D eigenvalue weighted by molar-refractivity contribution is 7.92. The minimum atomic E-state index is -3.89. The third-order valence-electron chi connectivity index (χ3n) is 6.10. The summed E-state index contributed by atoms with van der Waals surface area (Å²) in [5, 5.41) is 2.99. The predicted octanol–water partition coefficient (Wildman–Crippen LogP) is 3.81. The van der Waals surface area contributed by atoms with Gasteiger partial charge in [-0.1, -0.05) is 18.2 Å². The molecule has 8 nitrogen and oxygen atoms in total. The van der Waals surface area contributed by atoms with Crippen LogP contribution in [-0.2, 0) is 10.0 Å². The lowest BCUT2D eigenvalue weighted by molar-refractivity contribution is 0.102. The van der Waals surface area contributed by atoms with Crippen LogP contribution >= 0.6 is 0 Å². The van der Waals surface area contributed by atoms with E-state index >= 15 is 0 Å². The van der Waals surface area contributed by atoms with Crippen LogP contribution in [0.15, 0.2) is 71.6 Å². The SMILES string of the molecule is COc1ccc(NS(=O)(=O)c2ccc(C)c(C(=O)Nc3ccccc3N3CCN(C)CC3)c2)cc1. The molecule has 2 N–H and O–H groups in total. The second-order valence-corrected chi connectivity index (χ2v) is 10.3. The average molecular weight is 495 g/mol. The molecule has 0 aliphatic carbocycles. The van der Waals surface area contributed by atoms with Crippen molar-refractivity contribution < 1.29 is 17.9 Å². The molecule has 0 bridgehead atoms. The lowest BCUT2D eigenvalue weighted by atomic mass is 10.1. The maximum absolute atomic E-state index is 13.3. The lowest BCUT2D eigenvalue weighted by Crippen LogP contribution is -2.44. The van der Waals surface area contributed by atoms with Gasteiger partial charge in [0.05, 0.1) is 23.4 Å². The van der Waals surface area contributed by atoms with Crippen molar-refractivity contribution in [2.24, 2.45) is 0 Å². The molecule has 1 aliphatic heterocycles. The van der Waals surface area contributed by atoms with E-state index in [1.165, 1.54) is 12.1 Å². The standard InChI is InChI=1S/C26H30N4O4S/c1-19-8-13-22(35(32,33)28-20-9-11-21(34-3)12-10-20)18-23(19)26(31)27-24-6-4-5-7-25(24)30-16-14-29(2)15-17-30/h4-13,18,28H,14-17H2,1-3H3,(H,27,31). The largest absolute Gasteiger partial charge is 0.497 e. The Labute approximate surface area is 206 Å². The van der Waals surface area contributed by atoms with Crippen LogP contribution in [0.3, 0.4) is 0 Å². The third kappa shape index (κ3) is 5.75. The zero-order chi connectivity index (χ0) is 25.0. The number of amides is 1. The van der Waals surface area contributed by atoms with Crippen LogP contribution in [0, 0.1) is 6.92 Å². The van der Waals surface area contributed by atoms with Gasteiger partial charge in [0, 0.05) is 37.4 Å². The second-order valence-electron chi connectivity index (χ2n) is 8.57. The average Bonchev–Trinajstić information content (AvgIpc) is 2.85. The zero-order valence-corrected chi connectivity index (χ0v) is 20.9. The molecule has 0 spiro atoms. The van der Waals surface area contributed by atoms with Crippen LogP contribution < -0.4 is 19.7 Å². The van der Waals surface area contributed by atoms with E-state index in [1.807, 2.05) is 24.3 Å². The Bertz CT molecular complexity index is 1300. The Balaban J connectivity index is 1.56. The topological polar surface area (TPSA) is 91.0 Å². The Morgan fingerprint density at radius 3 is 2.31 bits per heavy atom. The number of carbonyl (C=O) groups is 1. The first-order chi connectivity index (χ1) is 16.8. The first-order valence-corrected chi connectivity index (χ1v) is 12.9. The molecule has 3 aromatic rings. The summed E-state index contributed by atoms with van der Waals surface area (Å²) >= 11 is 0. The summed E-state index contributed by atoms with van der Waals surface area (Å²) < 4.78 is 33.7. The van der Waals surface area contributed by atoms with Crippen LogP contribution in [0.2, 0.25) is 0 Å². The van der Waals surface area contributed by atoms with Crippen molar-refractivity contribution in [3.8, 4) is 5.75 Å². The minimum absolute atomic E-state index is 0.0106. The monoisotopic (exact) mass is 494 g/mol. The van der Waals surface area contributed by atoms with Gasteiger partial charge in [-0.05, 0) is 68.1 Å². The van der Waals surface area contributed by atoms with E-state index in [-0.39, 0.29) is 10.8 Å². The highest BCUT2D eigenvalue weighted by Gasteiger charge is 2.21. The van der Waals surface area contributed by atoms with Crippen molar-refractivity contribution >= 4 is 33.0 Å². The van der Waals surface area contributed by atoms with Gasteiger partial charge in [0.25, 0.3) is 15.9 Å². The molecule has 9 heteroatoms. The molecular weight excluding hydrogens is 464 g/mol. The zero-order valence-electron chi connectivity index (χ0n) is 20.1. The van der Waals surface area contributed by atoms with Crippen LogP contribution in [0.1, 0.15) is 15.9 Å². The number of nitrogens with one attached hydrogen (secondary N) is 2. The summed E-state index contributed by atoms with van der Waals surface area (Å²) in [5.74, 6) is 0.268. The molecule has 1 amide bonds. The summed E-state index contributed by atoms with van der Waals surface area (Å²) in [6.07, 6.45) is 0. The van der Waals surface area contributed by atoms with Crippen molar-refractivity contribution in [1.82, 2.24) is 4.90 Å². The number of hydrogen-bond acceptors (Lipinski definition) is 6. The van der Waals surface area contributed by atoms with Crippen LogP contribution in [0.4, 0.5) is 17.1 Å². The highest BCUT2D eigenvalue weighted by atomic mass is 32.2. The van der Waals surface area contributed by atoms with Crippen LogP contribution in [-0.4, -0.2) is 59.6 Å². The van der Waals surface area contributed by atoms with E-state index in [4.69, 9.17) is 4.74 Å². The van der Waals surface area contributed by atoms with Gasteiger partial charge >= 0.3 is 0 Å². The highest BCUT2D eigenvalue weighted by Crippen LogP contribution is 2.28. The smallest absolute Gasteiger partial charge is 0.261 e. The van der Waals surface area contributed by atoms with E-state index in [2.05, 4.69) is 26.9 Å². The van der Waals surface area contributed by atoms with Gasteiger partial charge in [-0.3, -0.25) is 9.52 Å².